The molecular weight excluding hydrogens is 501 g/mol. The van der Waals surface area contributed by atoms with Crippen molar-refractivity contribution in [2.24, 2.45) is 7.05 Å². The Morgan fingerprint density at radius 3 is 2.62 bits per heavy atom. The number of amides is 1. The number of hydrogen-bond donors (Lipinski definition) is 1. The molecule has 1 aliphatic heterocycles. The second-order valence-electron chi connectivity index (χ2n) is 7.95. The van der Waals surface area contributed by atoms with Crippen LogP contribution in [-0.2, 0) is 16.5 Å². The summed E-state index contributed by atoms with van der Waals surface area (Å²) >= 11 is 17.0. The summed E-state index contributed by atoms with van der Waals surface area (Å²) in [5, 5.41) is 6.98. The molecule has 3 aromatic rings. The van der Waals surface area contributed by atoms with Gasteiger partial charge in [0.2, 0.25) is 3.79 Å². The van der Waals surface area contributed by atoms with E-state index in [0.717, 1.165) is 46.9 Å². The molecule has 34 heavy (non-hydrogen) atoms. The lowest BCUT2D eigenvalue weighted by molar-refractivity contribution is 0.122. The second-order valence-corrected chi connectivity index (χ2v) is 10.5. The Balaban J connectivity index is 1.68. The SMILES string of the molecule is Cc1ccc(NC(=O)OCC(Cl)(Cl)Cl)cc1-c1cc(-c2cnn(C)c2)nc(N2CCOCC2)c1. The molecule has 2 aromatic heterocycles. The molecule has 0 radical (unpaired) electrons. The third-order valence-electron chi connectivity index (χ3n) is 5.31. The zero-order valence-electron chi connectivity index (χ0n) is 18.7. The Hall–Kier alpha value is -2.52. The molecule has 1 amide bonds. The van der Waals surface area contributed by atoms with Crippen LogP contribution in [0.2, 0.25) is 0 Å². The van der Waals surface area contributed by atoms with Crippen molar-refractivity contribution in [1.29, 1.82) is 0 Å². The lowest BCUT2D eigenvalue weighted by Gasteiger charge is -2.28. The van der Waals surface area contributed by atoms with Crippen LogP contribution in [0.5, 0.6) is 0 Å². The summed E-state index contributed by atoms with van der Waals surface area (Å²) in [5.41, 5.74) is 5.24. The Labute approximate surface area is 212 Å². The number of aromatic nitrogens is 3. The number of halogens is 3. The predicted molar refractivity (Wildman–Crippen MR) is 135 cm³/mol. The van der Waals surface area contributed by atoms with E-state index in [0.29, 0.717) is 18.9 Å². The van der Waals surface area contributed by atoms with Crippen molar-refractivity contribution in [2.75, 3.05) is 43.1 Å². The van der Waals surface area contributed by atoms with Gasteiger partial charge in [0.1, 0.15) is 12.4 Å². The van der Waals surface area contributed by atoms with Crippen molar-refractivity contribution >= 4 is 52.4 Å². The highest BCUT2D eigenvalue weighted by atomic mass is 35.6. The number of pyridine rings is 1. The molecular formula is C23H24Cl3N5O3. The minimum absolute atomic E-state index is 0.357. The first-order chi connectivity index (χ1) is 16.2. The quantitative estimate of drug-likeness (QED) is 0.461. The van der Waals surface area contributed by atoms with Gasteiger partial charge >= 0.3 is 6.09 Å². The molecule has 180 valence electrons. The molecule has 0 bridgehead atoms. The summed E-state index contributed by atoms with van der Waals surface area (Å²) in [6.07, 6.45) is 3.02. The fourth-order valence-corrected chi connectivity index (χ4v) is 3.80. The third-order valence-corrected chi connectivity index (χ3v) is 5.64. The molecule has 1 N–H and O–H groups in total. The minimum atomic E-state index is -1.68. The molecule has 8 nitrogen and oxygen atoms in total. The average molecular weight is 525 g/mol. The van der Waals surface area contributed by atoms with Crippen molar-refractivity contribution in [3.05, 3.63) is 48.3 Å². The van der Waals surface area contributed by atoms with Gasteiger partial charge in [0.15, 0.2) is 0 Å². The highest BCUT2D eigenvalue weighted by molar-refractivity contribution is 6.67. The van der Waals surface area contributed by atoms with Crippen LogP contribution in [0.1, 0.15) is 5.56 Å². The third kappa shape index (κ3) is 6.33. The maximum absolute atomic E-state index is 12.1. The van der Waals surface area contributed by atoms with Gasteiger partial charge in [-0.15, -0.1) is 0 Å². The Morgan fingerprint density at radius 2 is 1.94 bits per heavy atom. The highest BCUT2D eigenvalue weighted by Gasteiger charge is 2.22. The number of benzene rings is 1. The van der Waals surface area contributed by atoms with Crippen LogP contribution in [0, 0.1) is 6.92 Å². The number of nitrogens with zero attached hydrogens (tertiary/aromatic N) is 4. The summed E-state index contributed by atoms with van der Waals surface area (Å²) in [4.78, 5) is 19.3. The van der Waals surface area contributed by atoms with Crippen LogP contribution in [0.3, 0.4) is 0 Å². The van der Waals surface area contributed by atoms with Gasteiger partial charge in [0.05, 0.1) is 25.1 Å². The fraction of sp³-hybridized carbons (Fsp3) is 0.348. The van der Waals surface area contributed by atoms with E-state index in [1.165, 1.54) is 0 Å². The number of anilines is 2. The van der Waals surface area contributed by atoms with Crippen molar-refractivity contribution in [3.8, 4) is 22.4 Å². The Bertz CT molecular complexity index is 1170. The number of carbonyl (C=O) groups is 1. The maximum atomic E-state index is 12.1. The van der Waals surface area contributed by atoms with E-state index in [1.54, 1.807) is 16.9 Å². The zero-order valence-corrected chi connectivity index (χ0v) is 21.0. The van der Waals surface area contributed by atoms with Crippen LogP contribution in [0.15, 0.2) is 42.7 Å². The van der Waals surface area contributed by atoms with E-state index >= 15 is 0 Å². The first-order valence-corrected chi connectivity index (χ1v) is 11.8. The Kier molecular flexibility index (Phi) is 7.52. The maximum Gasteiger partial charge on any atom is 0.411 e. The number of rotatable bonds is 5. The van der Waals surface area contributed by atoms with Crippen LogP contribution < -0.4 is 10.2 Å². The molecule has 4 rings (SSSR count). The number of aryl methyl sites for hydroxylation is 2. The van der Waals surface area contributed by atoms with E-state index in [4.69, 9.17) is 49.3 Å². The summed E-state index contributed by atoms with van der Waals surface area (Å²) < 4.78 is 10.6. The van der Waals surface area contributed by atoms with Gasteiger partial charge < -0.3 is 14.4 Å². The predicted octanol–water partition coefficient (Wildman–Crippen LogP) is 5.21. The number of morpholine rings is 1. The van der Waals surface area contributed by atoms with Crippen LogP contribution in [0.25, 0.3) is 22.4 Å². The van der Waals surface area contributed by atoms with Gasteiger partial charge in [0.25, 0.3) is 0 Å². The Morgan fingerprint density at radius 1 is 1.18 bits per heavy atom. The molecule has 0 atom stereocenters. The van der Waals surface area contributed by atoms with Crippen LogP contribution in [0.4, 0.5) is 16.3 Å². The fourth-order valence-electron chi connectivity index (χ4n) is 3.64. The lowest BCUT2D eigenvalue weighted by atomic mass is 9.98. The van der Waals surface area contributed by atoms with Crippen LogP contribution in [-0.4, -0.2) is 57.6 Å². The first-order valence-electron chi connectivity index (χ1n) is 10.6. The van der Waals surface area contributed by atoms with E-state index in [1.807, 2.05) is 38.4 Å². The minimum Gasteiger partial charge on any atom is -0.445 e. The van der Waals surface area contributed by atoms with Gasteiger partial charge in [-0.3, -0.25) is 10.00 Å². The molecule has 0 spiro atoms. The number of nitrogens with one attached hydrogen (secondary N) is 1. The smallest absolute Gasteiger partial charge is 0.411 e. The van der Waals surface area contributed by atoms with Gasteiger partial charge in [0, 0.05) is 37.6 Å². The van der Waals surface area contributed by atoms with E-state index < -0.39 is 9.89 Å². The van der Waals surface area contributed by atoms with Gasteiger partial charge in [-0.2, -0.15) is 5.10 Å². The molecule has 1 aliphatic rings. The molecule has 11 heteroatoms. The van der Waals surface area contributed by atoms with E-state index in [9.17, 15) is 4.79 Å². The molecule has 1 aromatic carbocycles. The molecule has 0 saturated carbocycles. The normalized spacial score (nSPS) is 14.2. The summed E-state index contributed by atoms with van der Waals surface area (Å²) in [6.45, 7) is 4.49. The first kappa shape index (κ1) is 24.6. The molecule has 1 saturated heterocycles. The number of alkyl halides is 3. The highest BCUT2D eigenvalue weighted by Crippen LogP contribution is 2.33. The van der Waals surface area contributed by atoms with Crippen molar-refractivity contribution < 1.29 is 14.3 Å². The van der Waals surface area contributed by atoms with E-state index in [2.05, 4.69) is 21.4 Å². The second kappa shape index (κ2) is 10.4. The number of carbonyl (C=O) groups excluding carboxylic acids is 1. The van der Waals surface area contributed by atoms with Gasteiger partial charge in [-0.25, -0.2) is 9.78 Å². The lowest BCUT2D eigenvalue weighted by Crippen LogP contribution is -2.36. The zero-order chi connectivity index (χ0) is 24.3. The van der Waals surface area contributed by atoms with Gasteiger partial charge in [-0.05, 0) is 47.9 Å². The van der Waals surface area contributed by atoms with E-state index in [-0.39, 0.29) is 6.61 Å². The van der Waals surface area contributed by atoms with Crippen molar-refractivity contribution in [1.82, 2.24) is 14.8 Å². The number of hydrogen-bond acceptors (Lipinski definition) is 6. The summed E-state index contributed by atoms with van der Waals surface area (Å²) in [6, 6.07) is 9.68. The average Bonchev–Trinajstić information content (AvgIpc) is 3.25. The largest absolute Gasteiger partial charge is 0.445 e. The molecule has 0 aliphatic carbocycles. The molecule has 3 heterocycles. The van der Waals surface area contributed by atoms with Crippen LogP contribution >= 0.6 is 34.8 Å². The summed E-state index contributed by atoms with van der Waals surface area (Å²) in [5.74, 6) is 0.861. The standard InChI is InChI=1S/C23H24Cl3N5O3/c1-15-3-4-18(28-22(32)34-14-23(24,25)26)11-19(15)16-9-20(17-12-27-30(2)13-17)29-21(10-16)31-5-7-33-8-6-31/h3-4,9-13H,5-8,14H2,1-2H3,(H,28,32). The van der Waals surface area contributed by atoms with Crippen molar-refractivity contribution in [3.63, 3.8) is 0 Å². The topological polar surface area (TPSA) is 81.5 Å². The molecule has 0 unspecified atom stereocenters. The molecule has 1 fully saturated rings. The van der Waals surface area contributed by atoms with Gasteiger partial charge in [-0.1, -0.05) is 40.9 Å². The summed E-state index contributed by atoms with van der Waals surface area (Å²) in [7, 11) is 1.87. The van der Waals surface area contributed by atoms with Crippen molar-refractivity contribution in [2.45, 2.75) is 10.7 Å². The number of ether oxygens (including phenoxy) is 2. The monoisotopic (exact) mass is 523 g/mol.